The van der Waals surface area contributed by atoms with Gasteiger partial charge in [0, 0.05) is 0 Å². The first-order valence-electron chi connectivity index (χ1n) is 6.50. The van der Waals surface area contributed by atoms with Crippen LogP contribution >= 0.6 is 0 Å². The summed E-state index contributed by atoms with van der Waals surface area (Å²) in [6, 6.07) is 6.23. The molecule has 3 rings (SSSR count). The van der Waals surface area contributed by atoms with E-state index in [2.05, 4.69) is 19.1 Å². The third-order valence-electron chi connectivity index (χ3n) is 4.02. The highest BCUT2D eigenvalue weighted by Crippen LogP contribution is 2.49. The molecule has 3 nitrogen and oxygen atoms in total. The summed E-state index contributed by atoms with van der Waals surface area (Å²) in [5, 5.41) is 0. The molecule has 1 aliphatic carbocycles. The Balaban J connectivity index is 2.06. The largest absolute Gasteiger partial charge is 0.497 e. The van der Waals surface area contributed by atoms with Gasteiger partial charge in [-0.3, -0.25) is 0 Å². The number of ether oxygens (including phenoxy) is 3. The molecule has 98 valence electrons. The molecule has 1 aromatic carbocycles. The molecule has 0 radical (unpaired) electrons. The van der Waals surface area contributed by atoms with Gasteiger partial charge in [-0.2, -0.15) is 0 Å². The lowest BCUT2D eigenvalue weighted by Crippen LogP contribution is -2.38. The molecule has 0 amide bonds. The second kappa shape index (κ2) is 3.72. The molecular formula is C15H20O3. The van der Waals surface area contributed by atoms with E-state index in [0.717, 1.165) is 18.6 Å². The minimum Gasteiger partial charge on any atom is -0.497 e. The highest BCUT2D eigenvalue weighted by Gasteiger charge is 2.53. The zero-order chi connectivity index (χ0) is 13.0. The zero-order valence-corrected chi connectivity index (χ0v) is 11.4. The first kappa shape index (κ1) is 12.0. The Morgan fingerprint density at radius 2 is 2.06 bits per heavy atom. The van der Waals surface area contributed by atoms with Gasteiger partial charge in [-0.1, -0.05) is 6.07 Å². The molecular weight excluding hydrogens is 228 g/mol. The second-order valence-corrected chi connectivity index (χ2v) is 5.78. The van der Waals surface area contributed by atoms with Gasteiger partial charge in [-0.15, -0.1) is 0 Å². The third-order valence-corrected chi connectivity index (χ3v) is 4.02. The molecule has 2 atom stereocenters. The fraction of sp³-hybridized carbons (Fsp3) is 0.600. The maximum atomic E-state index is 6.18. The molecule has 1 heterocycles. The van der Waals surface area contributed by atoms with Gasteiger partial charge in [0.2, 0.25) is 0 Å². The number of hydrogen-bond donors (Lipinski definition) is 0. The topological polar surface area (TPSA) is 27.7 Å². The Hall–Kier alpha value is -1.06. The quantitative estimate of drug-likeness (QED) is 0.764. The summed E-state index contributed by atoms with van der Waals surface area (Å²) in [7, 11) is 1.70. The van der Waals surface area contributed by atoms with Gasteiger partial charge < -0.3 is 14.2 Å². The van der Waals surface area contributed by atoms with Crippen LogP contribution in [0.5, 0.6) is 5.75 Å². The fourth-order valence-corrected chi connectivity index (χ4v) is 3.29. The van der Waals surface area contributed by atoms with Crippen molar-refractivity contribution < 1.29 is 14.2 Å². The Morgan fingerprint density at radius 3 is 2.78 bits per heavy atom. The van der Waals surface area contributed by atoms with Crippen LogP contribution in [0.2, 0.25) is 0 Å². The molecule has 1 fully saturated rings. The van der Waals surface area contributed by atoms with Gasteiger partial charge in [0.05, 0.1) is 13.2 Å². The molecule has 18 heavy (non-hydrogen) atoms. The van der Waals surface area contributed by atoms with Crippen LogP contribution < -0.4 is 4.74 Å². The minimum absolute atomic E-state index is 0.147. The van der Waals surface area contributed by atoms with Crippen molar-refractivity contribution >= 4 is 0 Å². The van der Waals surface area contributed by atoms with Crippen molar-refractivity contribution in [1.29, 1.82) is 0 Å². The predicted octanol–water partition coefficient (Wildman–Crippen LogP) is 3.01. The van der Waals surface area contributed by atoms with Crippen LogP contribution in [0.15, 0.2) is 18.2 Å². The normalized spacial score (nSPS) is 32.8. The highest BCUT2D eigenvalue weighted by atomic mass is 16.8. The number of hydrogen-bond acceptors (Lipinski definition) is 3. The molecule has 1 saturated heterocycles. The summed E-state index contributed by atoms with van der Waals surface area (Å²) in [6.07, 6.45) is 2.17. The van der Waals surface area contributed by atoms with E-state index in [-0.39, 0.29) is 11.7 Å². The fourth-order valence-electron chi connectivity index (χ4n) is 3.29. The summed E-state index contributed by atoms with van der Waals surface area (Å²) < 4.78 is 17.5. The average Bonchev–Trinajstić information content (AvgIpc) is 2.57. The van der Waals surface area contributed by atoms with E-state index in [1.807, 2.05) is 19.9 Å². The summed E-state index contributed by atoms with van der Waals surface area (Å²) in [5.41, 5.74) is 2.23. The molecule has 1 aliphatic heterocycles. The van der Waals surface area contributed by atoms with Crippen LogP contribution in [-0.2, 0) is 21.5 Å². The van der Waals surface area contributed by atoms with E-state index < -0.39 is 5.79 Å². The van der Waals surface area contributed by atoms with E-state index in [4.69, 9.17) is 14.2 Å². The van der Waals surface area contributed by atoms with Gasteiger partial charge >= 0.3 is 0 Å². The van der Waals surface area contributed by atoms with Crippen molar-refractivity contribution in [3.63, 3.8) is 0 Å². The predicted molar refractivity (Wildman–Crippen MR) is 68.7 cm³/mol. The molecule has 2 aliphatic rings. The van der Waals surface area contributed by atoms with Gasteiger partial charge in [0.1, 0.15) is 11.4 Å². The van der Waals surface area contributed by atoms with Crippen LogP contribution in [0.4, 0.5) is 0 Å². The van der Waals surface area contributed by atoms with Crippen LogP contribution in [0.1, 0.15) is 38.3 Å². The molecule has 0 N–H and O–H groups in total. The molecule has 0 aromatic heterocycles. The van der Waals surface area contributed by atoms with Gasteiger partial charge in [0.15, 0.2) is 5.79 Å². The molecule has 2 unspecified atom stereocenters. The number of benzene rings is 1. The lowest BCUT2D eigenvalue weighted by atomic mass is 9.78. The molecule has 0 bridgehead atoms. The van der Waals surface area contributed by atoms with E-state index in [1.165, 1.54) is 11.1 Å². The Morgan fingerprint density at radius 1 is 1.28 bits per heavy atom. The second-order valence-electron chi connectivity index (χ2n) is 5.78. The van der Waals surface area contributed by atoms with Crippen molar-refractivity contribution in [3.05, 3.63) is 29.3 Å². The van der Waals surface area contributed by atoms with Crippen molar-refractivity contribution in [2.45, 2.75) is 51.1 Å². The van der Waals surface area contributed by atoms with Crippen LogP contribution in [0.25, 0.3) is 0 Å². The Kier molecular flexibility index (Phi) is 2.48. The maximum Gasteiger partial charge on any atom is 0.164 e. The van der Waals surface area contributed by atoms with Crippen LogP contribution in [0.3, 0.4) is 0 Å². The van der Waals surface area contributed by atoms with Gasteiger partial charge in [-0.05, 0) is 56.9 Å². The third kappa shape index (κ3) is 1.65. The smallest absolute Gasteiger partial charge is 0.164 e. The molecule has 3 heteroatoms. The number of methoxy groups -OCH3 is 1. The first-order valence-corrected chi connectivity index (χ1v) is 6.50. The van der Waals surface area contributed by atoms with Crippen molar-refractivity contribution in [2.24, 2.45) is 0 Å². The summed E-state index contributed by atoms with van der Waals surface area (Å²) in [6.45, 7) is 6.11. The first-order chi connectivity index (χ1) is 8.44. The molecule has 0 spiro atoms. The molecule has 0 saturated carbocycles. The van der Waals surface area contributed by atoms with E-state index in [1.54, 1.807) is 7.11 Å². The number of fused-ring (bicyclic) bond motifs is 3. The summed E-state index contributed by atoms with van der Waals surface area (Å²) >= 11 is 0. The van der Waals surface area contributed by atoms with Crippen molar-refractivity contribution in [1.82, 2.24) is 0 Å². The maximum absolute atomic E-state index is 6.18. The SMILES string of the molecule is COc1ccc2c(c1)CCC1OC(C)(C)OC21C. The summed E-state index contributed by atoms with van der Waals surface area (Å²) in [4.78, 5) is 0. The van der Waals surface area contributed by atoms with E-state index in [0.29, 0.717) is 0 Å². The van der Waals surface area contributed by atoms with Crippen molar-refractivity contribution in [3.8, 4) is 5.75 Å². The Labute approximate surface area is 108 Å². The van der Waals surface area contributed by atoms with Gasteiger partial charge in [0.25, 0.3) is 0 Å². The highest BCUT2D eigenvalue weighted by molar-refractivity contribution is 5.42. The van der Waals surface area contributed by atoms with E-state index >= 15 is 0 Å². The Bertz CT molecular complexity index is 481. The standard InChI is InChI=1S/C15H20O3/c1-14(2)17-13-8-5-10-9-11(16-4)6-7-12(10)15(13,3)18-14/h6-7,9,13H,5,8H2,1-4H3. The molecule has 1 aromatic rings. The van der Waals surface area contributed by atoms with Gasteiger partial charge in [-0.25, -0.2) is 0 Å². The van der Waals surface area contributed by atoms with Crippen LogP contribution in [-0.4, -0.2) is 19.0 Å². The van der Waals surface area contributed by atoms with Crippen LogP contribution in [0, 0.1) is 0 Å². The van der Waals surface area contributed by atoms with Crippen molar-refractivity contribution in [2.75, 3.05) is 7.11 Å². The monoisotopic (exact) mass is 248 g/mol. The average molecular weight is 248 g/mol. The van der Waals surface area contributed by atoms with E-state index in [9.17, 15) is 0 Å². The lowest BCUT2D eigenvalue weighted by molar-refractivity contribution is -0.161. The minimum atomic E-state index is -0.499. The number of aryl methyl sites for hydroxylation is 1. The zero-order valence-electron chi connectivity index (χ0n) is 11.4. The summed E-state index contributed by atoms with van der Waals surface area (Å²) in [5.74, 6) is 0.412. The lowest BCUT2D eigenvalue weighted by Gasteiger charge is -2.35. The number of rotatable bonds is 1.